The molecule has 0 spiro atoms. The number of anilines is 1. The van der Waals surface area contributed by atoms with E-state index in [1.807, 2.05) is 0 Å². The number of carbonyl (C=O) groups is 3. The second-order valence-corrected chi connectivity index (χ2v) is 4.28. The van der Waals surface area contributed by atoms with Gasteiger partial charge in [0.1, 0.15) is 5.75 Å². The van der Waals surface area contributed by atoms with Gasteiger partial charge >= 0.3 is 11.9 Å². The molecule has 0 aliphatic carbocycles. The smallest absolute Gasteiger partial charge is 0.335 e. The molecule has 1 heterocycles. The number of aromatic carboxylic acids is 1. The maximum Gasteiger partial charge on any atom is 0.335 e. The van der Waals surface area contributed by atoms with E-state index in [0.29, 0.717) is 5.69 Å². The largest absolute Gasteiger partial charge is 0.491 e. The van der Waals surface area contributed by atoms with Gasteiger partial charge in [-0.1, -0.05) is 0 Å². The van der Waals surface area contributed by atoms with Crippen LogP contribution in [0, 0.1) is 0 Å². The Hall–Kier alpha value is -2.57. The number of aliphatic carboxylic acids is 1. The molecule has 1 amide bonds. The maximum atomic E-state index is 11.9. The standard InChI is InChI=1S/C13H13NO6/c15-11-4-6-20-10-7-8(13(18)19)1-2-9(10)14(11)5-3-12(16)17/h1-2,7H,3-6H2,(H,16,17)(H,18,19). The third-order valence-electron chi connectivity index (χ3n) is 2.92. The van der Waals surface area contributed by atoms with Gasteiger partial charge < -0.3 is 19.8 Å². The molecule has 0 radical (unpaired) electrons. The first kappa shape index (κ1) is 13.9. The summed E-state index contributed by atoms with van der Waals surface area (Å²) < 4.78 is 5.37. The van der Waals surface area contributed by atoms with Crippen molar-refractivity contribution in [3.63, 3.8) is 0 Å². The van der Waals surface area contributed by atoms with Gasteiger partial charge in [0.25, 0.3) is 0 Å². The number of carbonyl (C=O) groups excluding carboxylic acids is 1. The van der Waals surface area contributed by atoms with Crippen LogP contribution in [0.4, 0.5) is 5.69 Å². The van der Waals surface area contributed by atoms with Gasteiger partial charge in [-0.3, -0.25) is 9.59 Å². The Balaban J connectivity index is 2.36. The lowest BCUT2D eigenvalue weighted by atomic mass is 10.1. The lowest BCUT2D eigenvalue weighted by Crippen LogP contribution is -2.32. The van der Waals surface area contributed by atoms with Gasteiger partial charge in [0, 0.05) is 6.54 Å². The summed E-state index contributed by atoms with van der Waals surface area (Å²) in [6, 6.07) is 4.16. The molecule has 0 saturated heterocycles. The first-order valence-electron chi connectivity index (χ1n) is 6.01. The van der Waals surface area contributed by atoms with Gasteiger partial charge in [-0.2, -0.15) is 0 Å². The van der Waals surface area contributed by atoms with Crippen molar-refractivity contribution in [3.05, 3.63) is 23.8 Å². The van der Waals surface area contributed by atoms with E-state index in [9.17, 15) is 14.4 Å². The van der Waals surface area contributed by atoms with E-state index in [1.54, 1.807) is 0 Å². The normalized spacial score (nSPS) is 14.2. The highest BCUT2D eigenvalue weighted by atomic mass is 16.5. The van der Waals surface area contributed by atoms with Crippen molar-refractivity contribution >= 4 is 23.5 Å². The molecule has 0 aromatic heterocycles. The van der Waals surface area contributed by atoms with Crippen molar-refractivity contribution in [2.45, 2.75) is 12.8 Å². The van der Waals surface area contributed by atoms with Crippen LogP contribution in [0.1, 0.15) is 23.2 Å². The summed E-state index contributed by atoms with van der Waals surface area (Å²) in [7, 11) is 0. The van der Waals surface area contributed by atoms with Crippen molar-refractivity contribution < 1.29 is 29.3 Å². The van der Waals surface area contributed by atoms with E-state index in [4.69, 9.17) is 14.9 Å². The van der Waals surface area contributed by atoms with Gasteiger partial charge in [-0.25, -0.2) is 4.79 Å². The van der Waals surface area contributed by atoms with E-state index >= 15 is 0 Å². The zero-order valence-corrected chi connectivity index (χ0v) is 10.5. The number of fused-ring (bicyclic) bond motifs is 1. The molecule has 7 heteroatoms. The topological polar surface area (TPSA) is 104 Å². The van der Waals surface area contributed by atoms with Crippen LogP contribution >= 0.6 is 0 Å². The number of hydrogen-bond acceptors (Lipinski definition) is 4. The average Bonchev–Trinajstić information content (AvgIpc) is 2.54. The molecule has 2 N–H and O–H groups in total. The summed E-state index contributed by atoms with van der Waals surface area (Å²) in [4.78, 5) is 34.8. The average molecular weight is 279 g/mol. The zero-order chi connectivity index (χ0) is 14.7. The van der Waals surface area contributed by atoms with Crippen LogP contribution < -0.4 is 9.64 Å². The highest BCUT2D eigenvalue weighted by Gasteiger charge is 2.24. The molecule has 1 aromatic rings. The summed E-state index contributed by atoms with van der Waals surface area (Å²) >= 11 is 0. The third kappa shape index (κ3) is 2.87. The van der Waals surface area contributed by atoms with Gasteiger partial charge in [-0.15, -0.1) is 0 Å². The number of carboxylic acids is 2. The van der Waals surface area contributed by atoms with Crippen LogP contribution in [0.3, 0.4) is 0 Å². The third-order valence-corrected chi connectivity index (χ3v) is 2.92. The van der Waals surface area contributed by atoms with Gasteiger partial charge in [-0.05, 0) is 18.2 Å². The SMILES string of the molecule is O=C(O)CCN1C(=O)CCOc2cc(C(=O)O)ccc21. The molecule has 0 atom stereocenters. The molecule has 1 aromatic carbocycles. The fourth-order valence-corrected chi connectivity index (χ4v) is 1.96. The van der Waals surface area contributed by atoms with E-state index in [1.165, 1.54) is 23.1 Å². The highest BCUT2D eigenvalue weighted by Crippen LogP contribution is 2.32. The molecular formula is C13H13NO6. The number of amides is 1. The van der Waals surface area contributed by atoms with Crippen molar-refractivity contribution in [1.82, 2.24) is 0 Å². The van der Waals surface area contributed by atoms with Crippen LogP contribution in [-0.2, 0) is 9.59 Å². The quantitative estimate of drug-likeness (QED) is 0.851. The minimum atomic E-state index is -1.09. The van der Waals surface area contributed by atoms with Crippen LogP contribution in [0.25, 0.3) is 0 Å². The number of benzene rings is 1. The fourth-order valence-electron chi connectivity index (χ4n) is 1.96. The second-order valence-electron chi connectivity index (χ2n) is 4.28. The molecule has 1 aliphatic heterocycles. The minimum Gasteiger partial charge on any atom is -0.491 e. The molecule has 0 bridgehead atoms. The van der Waals surface area contributed by atoms with Crippen LogP contribution in [0.2, 0.25) is 0 Å². The zero-order valence-electron chi connectivity index (χ0n) is 10.5. The second kappa shape index (κ2) is 5.60. The van der Waals surface area contributed by atoms with Gasteiger partial charge in [0.05, 0.1) is 30.7 Å². The molecular weight excluding hydrogens is 266 g/mol. The Morgan fingerprint density at radius 2 is 2.05 bits per heavy atom. The molecule has 0 unspecified atom stereocenters. The minimum absolute atomic E-state index is 0.0247. The summed E-state index contributed by atoms with van der Waals surface area (Å²) in [6.07, 6.45) is -0.0669. The van der Waals surface area contributed by atoms with Crippen molar-refractivity contribution in [3.8, 4) is 5.75 Å². The first-order chi connectivity index (χ1) is 9.49. The molecule has 0 fully saturated rings. The number of ether oxygens (including phenoxy) is 1. The number of nitrogens with zero attached hydrogens (tertiary/aromatic N) is 1. The summed E-state index contributed by atoms with van der Waals surface area (Å²) in [6.45, 7) is 0.162. The lowest BCUT2D eigenvalue weighted by Gasteiger charge is -2.21. The maximum absolute atomic E-state index is 11.9. The summed E-state index contributed by atoms with van der Waals surface area (Å²) in [5.74, 6) is -2.06. The van der Waals surface area contributed by atoms with E-state index in [2.05, 4.69) is 0 Å². The Morgan fingerprint density at radius 1 is 1.30 bits per heavy atom. The lowest BCUT2D eigenvalue weighted by molar-refractivity contribution is -0.136. The Kier molecular flexibility index (Phi) is 3.88. The monoisotopic (exact) mass is 279 g/mol. The van der Waals surface area contributed by atoms with Crippen LogP contribution in [-0.4, -0.2) is 41.2 Å². The number of hydrogen-bond donors (Lipinski definition) is 2. The Labute approximate surface area is 114 Å². The van der Waals surface area contributed by atoms with Crippen molar-refractivity contribution in [2.75, 3.05) is 18.1 Å². The highest BCUT2D eigenvalue weighted by molar-refractivity contribution is 5.97. The van der Waals surface area contributed by atoms with Crippen LogP contribution in [0.5, 0.6) is 5.75 Å². The molecule has 7 nitrogen and oxygen atoms in total. The summed E-state index contributed by atoms with van der Waals surface area (Å²) in [5.41, 5.74) is 0.454. The molecule has 0 saturated carbocycles. The fraction of sp³-hybridized carbons (Fsp3) is 0.308. The van der Waals surface area contributed by atoms with Gasteiger partial charge in [0.2, 0.25) is 5.91 Å². The predicted octanol–water partition coefficient (Wildman–Crippen LogP) is 0.975. The van der Waals surface area contributed by atoms with Crippen molar-refractivity contribution in [1.29, 1.82) is 0 Å². The predicted molar refractivity (Wildman–Crippen MR) is 68.1 cm³/mol. The van der Waals surface area contributed by atoms with Crippen LogP contribution in [0.15, 0.2) is 18.2 Å². The Morgan fingerprint density at radius 3 is 2.70 bits per heavy atom. The van der Waals surface area contributed by atoms with Crippen molar-refractivity contribution in [2.24, 2.45) is 0 Å². The van der Waals surface area contributed by atoms with Gasteiger partial charge in [0.15, 0.2) is 0 Å². The number of rotatable bonds is 4. The van der Waals surface area contributed by atoms with E-state index in [0.717, 1.165) is 0 Å². The Bertz CT molecular complexity index is 568. The molecule has 2 rings (SSSR count). The molecule has 20 heavy (non-hydrogen) atoms. The number of carboxylic acid groups (broad SMARTS) is 2. The molecule has 1 aliphatic rings. The van der Waals surface area contributed by atoms with E-state index in [-0.39, 0.29) is 43.2 Å². The molecule has 106 valence electrons. The van der Waals surface area contributed by atoms with E-state index < -0.39 is 11.9 Å². The first-order valence-corrected chi connectivity index (χ1v) is 6.01. The summed E-state index contributed by atoms with van der Waals surface area (Å²) in [5, 5.41) is 17.7.